The van der Waals surface area contributed by atoms with E-state index in [0.29, 0.717) is 19.2 Å². The van der Waals surface area contributed by atoms with Crippen molar-refractivity contribution in [2.24, 2.45) is 5.41 Å². The summed E-state index contributed by atoms with van der Waals surface area (Å²) in [4.78, 5) is 22.3. The van der Waals surface area contributed by atoms with Gasteiger partial charge in [0, 0.05) is 11.6 Å². The van der Waals surface area contributed by atoms with E-state index in [0.717, 1.165) is 10.6 Å². The maximum atomic E-state index is 12.3. The summed E-state index contributed by atoms with van der Waals surface area (Å²) in [6, 6.07) is 5.75. The summed E-state index contributed by atoms with van der Waals surface area (Å²) in [5.41, 5.74) is 0.449. The molecule has 2 saturated heterocycles. The summed E-state index contributed by atoms with van der Waals surface area (Å²) in [6.45, 7) is 6.63. The lowest BCUT2D eigenvalue weighted by Crippen LogP contribution is -2.48. The van der Waals surface area contributed by atoms with Gasteiger partial charge in [-0.15, -0.1) is 11.3 Å². The number of hydrogen-bond acceptors (Lipinski definition) is 7. The Kier molecular flexibility index (Phi) is 4.88. The van der Waals surface area contributed by atoms with E-state index in [4.69, 9.17) is 9.47 Å². The molecular formula is C19H24N4O3S. The number of anilines is 1. The van der Waals surface area contributed by atoms with E-state index in [1.807, 2.05) is 44.4 Å². The van der Waals surface area contributed by atoms with Gasteiger partial charge in [-0.3, -0.25) is 4.79 Å². The molecule has 4 rings (SSSR count). The van der Waals surface area contributed by atoms with Crippen molar-refractivity contribution in [1.82, 2.24) is 15.3 Å². The fourth-order valence-corrected chi connectivity index (χ4v) is 3.98. The fraction of sp³-hybridized carbons (Fsp3) is 0.526. The molecule has 0 aliphatic carbocycles. The first-order valence-corrected chi connectivity index (χ1v) is 9.97. The summed E-state index contributed by atoms with van der Waals surface area (Å²) in [5.74, 6) is 0.560. The number of rotatable bonds is 4. The third kappa shape index (κ3) is 3.83. The second kappa shape index (κ2) is 7.18. The Hall–Kier alpha value is -2.03. The zero-order valence-corrected chi connectivity index (χ0v) is 16.5. The van der Waals surface area contributed by atoms with Crippen LogP contribution in [0, 0.1) is 5.41 Å². The standard InChI is InChI=1S/C19H24N4O3S/c1-19(2,3)17(24)21-12-9-25-16-13(10-26-15(12)16)23-18-20-7-6-11(22-18)14-5-4-8-27-14/h4-8,12-13,15-16H,9-10H2,1-3H3,(H,21,24)(H,20,22,23). The second-order valence-corrected chi connectivity index (χ2v) is 8.87. The Morgan fingerprint density at radius 1 is 1.19 bits per heavy atom. The smallest absolute Gasteiger partial charge is 0.225 e. The predicted octanol–water partition coefficient (Wildman–Crippen LogP) is 2.31. The van der Waals surface area contributed by atoms with Gasteiger partial charge in [-0.05, 0) is 17.5 Å². The largest absolute Gasteiger partial charge is 0.371 e. The van der Waals surface area contributed by atoms with Crippen LogP contribution in [0.5, 0.6) is 0 Å². The summed E-state index contributed by atoms with van der Waals surface area (Å²) in [7, 11) is 0. The van der Waals surface area contributed by atoms with Crippen LogP contribution >= 0.6 is 11.3 Å². The van der Waals surface area contributed by atoms with Gasteiger partial charge >= 0.3 is 0 Å². The van der Waals surface area contributed by atoms with Gasteiger partial charge in [0.25, 0.3) is 0 Å². The second-order valence-electron chi connectivity index (χ2n) is 7.92. The minimum atomic E-state index is -0.440. The fourth-order valence-electron chi connectivity index (χ4n) is 3.29. The van der Waals surface area contributed by atoms with Crippen LogP contribution in [0.3, 0.4) is 0 Å². The van der Waals surface area contributed by atoms with Crippen LogP contribution in [-0.4, -0.2) is 53.4 Å². The molecule has 2 aliphatic rings. The summed E-state index contributed by atoms with van der Waals surface area (Å²) in [6.07, 6.45) is 1.46. The quantitative estimate of drug-likeness (QED) is 0.836. The van der Waals surface area contributed by atoms with E-state index in [1.54, 1.807) is 17.5 Å². The lowest BCUT2D eigenvalue weighted by molar-refractivity contribution is -0.129. The minimum Gasteiger partial charge on any atom is -0.371 e. The van der Waals surface area contributed by atoms with Crippen LogP contribution in [0.15, 0.2) is 29.8 Å². The van der Waals surface area contributed by atoms with Crippen LogP contribution in [-0.2, 0) is 14.3 Å². The van der Waals surface area contributed by atoms with Crippen molar-refractivity contribution in [3.8, 4) is 10.6 Å². The van der Waals surface area contributed by atoms with E-state index < -0.39 is 5.41 Å². The van der Waals surface area contributed by atoms with Gasteiger partial charge in [-0.2, -0.15) is 0 Å². The van der Waals surface area contributed by atoms with E-state index in [1.165, 1.54) is 0 Å². The maximum absolute atomic E-state index is 12.3. The molecule has 0 saturated carbocycles. The molecule has 0 spiro atoms. The van der Waals surface area contributed by atoms with Gasteiger partial charge < -0.3 is 20.1 Å². The zero-order chi connectivity index (χ0) is 19.0. The third-order valence-electron chi connectivity index (χ3n) is 4.79. The number of carbonyl (C=O) groups is 1. The highest BCUT2D eigenvalue weighted by atomic mass is 32.1. The molecule has 2 aromatic heterocycles. The molecule has 27 heavy (non-hydrogen) atoms. The molecule has 4 heterocycles. The number of carbonyl (C=O) groups excluding carboxylic acids is 1. The lowest BCUT2D eigenvalue weighted by atomic mass is 9.94. The number of thiophene rings is 1. The highest BCUT2D eigenvalue weighted by Gasteiger charge is 2.48. The van der Waals surface area contributed by atoms with Gasteiger partial charge in [0.1, 0.15) is 12.2 Å². The molecule has 2 aromatic rings. The van der Waals surface area contributed by atoms with Crippen LogP contribution in [0.1, 0.15) is 20.8 Å². The Morgan fingerprint density at radius 3 is 2.63 bits per heavy atom. The van der Waals surface area contributed by atoms with Crippen LogP contribution in [0.2, 0.25) is 0 Å². The normalized spacial score (nSPS) is 27.4. The molecule has 4 atom stereocenters. The lowest BCUT2D eigenvalue weighted by Gasteiger charge is -2.23. The monoisotopic (exact) mass is 388 g/mol. The predicted molar refractivity (Wildman–Crippen MR) is 104 cm³/mol. The Morgan fingerprint density at radius 2 is 1.93 bits per heavy atom. The first-order chi connectivity index (χ1) is 12.9. The molecule has 144 valence electrons. The van der Waals surface area contributed by atoms with E-state index >= 15 is 0 Å². The number of nitrogens with zero attached hydrogens (tertiary/aromatic N) is 2. The van der Waals surface area contributed by atoms with Gasteiger partial charge in [-0.25, -0.2) is 9.97 Å². The van der Waals surface area contributed by atoms with Crippen molar-refractivity contribution in [3.63, 3.8) is 0 Å². The number of amides is 1. The molecule has 2 N–H and O–H groups in total. The van der Waals surface area contributed by atoms with Gasteiger partial charge in [0.2, 0.25) is 11.9 Å². The molecule has 8 heteroatoms. The molecule has 0 radical (unpaired) electrons. The van der Waals surface area contributed by atoms with E-state index in [9.17, 15) is 4.79 Å². The highest BCUT2D eigenvalue weighted by molar-refractivity contribution is 7.13. The summed E-state index contributed by atoms with van der Waals surface area (Å²) in [5, 5.41) is 8.42. The van der Waals surface area contributed by atoms with Crippen LogP contribution in [0.4, 0.5) is 5.95 Å². The topological polar surface area (TPSA) is 85.4 Å². The van der Waals surface area contributed by atoms with Crippen molar-refractivity contribution in [3.05, 3.63) is 29.8 Å². The maximum Gasteiger partial charge on any atom is 0.225 e. The average molecular weight is 388 g/mol. The van der Waals surface area contributed by atoms with Gasteiger partial charge in [0.05, 0.1) is 35.9 Å². The molecule has 2 fully saturated rings. The van der Waals surface area contributed by atoms with Crippen molar-refractivity contribution >= 4 is 23.2 Å². The third-order valence-corrected chi connectivity index (χ3v) is 5.69. The number of ether oxygens (including phenoxy) is 2. The molecular weight excluding hydrogens is 364 g/mol. The van der Waals surface area contributed by atoms with E-state index in [-0.39, 0.29) is 30.2 Å². The number of nitrogens with one attached hydrogen (secondary N) is 2. The molecule has 7 nitrogen and oxygen atoms in total. The van der Waals surface area contributed by atoms with Crippen molar-refractivity contribution in [1.29, 1.82) is 0 Å². The Labute approximate surface area is 162 Å². The first-order valence-electron chi connectivity index (χ1n) is 9.09. The molecule has 4 unspecified atom stereocenters. The number of fused-ring (bicyclic) bond motifs is 1. The van der Waals surface area contributed by atoms with Crippen LogP contribution < -0.4 is 10.6 Å². The zero-order valence-electron chi connectivity index (χ0n) is 15.6. The van der Waals surface area contributed by atoms with Crippen LogP contribution in [0.25, 0.3) is 10.6 Å². The number of hydrogen-bond donors (Lipinski definition) is 2. The highest BCUT2D eigenvalue weighted by Crippen LogP contribution is 2.30. The van der Waals surface area contributed by atoms with Crippen molar-refractivity contribution < 1.29 is 14.3 Å². The summed E-state index contributed by atoms with van der Waals surface area (Å²) >= 11 is 1.64. The average Bonchev–Trinajstić information content (AvgIpc) is 3.35. The SMILES string of the molecule is CC(C)(C)C(=O)NC1COC2C(Nc3nccc(-c4cccs4)n3)COC12. The molecule has 0 bridgehead atoms. The minimum absolute atomic E-state index is 0.00346. The Bertz CT molecular complexity index is 806. The molecule has 1 amide bonds. The molecule has 0 aromatic carbocycles. The number of aromatic nitrogens is 2. The van der Waals surface area contributed by atoms with Gasteiger partial charge in [0.15, 0.2) is 0 Å². The van der Waals surface area contributed by atoms with E-state index in [2.05, 4.69) is 20.6 Å². The Balaban J connectivity index is 1.41. The van der Waals surface area contributed by atoms with Gasteiger partial charge in [-0.1, -0.05) is 26.8 Å². The van der Waals surface area contributed by atoms with Crippen molar-refractivity contribution in [2.75, 3.05) is 18.5 Å². The molecule has 2 aliphatic heterocycles. The summed E-state index contributed by atoms with van der Waals surface area (Å²) < 4.78 is 11.9. The first kappa shape index (κ1) is 18.3. The van der Waals surface area contributed by atoms with Crippen molar-refractivity contribution in [2.45, 2.75) is 45.1 Å².